The molecule has 3 atom stereocenters. The summed E-state index contributed by atoms with van der Waals surface area (Å²) in [6.07, 6.45) is 7.02. The van der Waals surface area contributed by atoms with Gasteiger partial charge in [-0.3, -0.25) is 0 Å². The molecule has 1 saturated heterocycles. The molecule has 0 radical (unpaired) electrons. The largest absolute Gasteiger partial charge is 0.454 e. The first kappa shape index (κ1) is 17.4. The molecule has 1 aromatic heterocycles. The van der Waals surface area contributed by atoms with Crippen molar-refractivity contribution < 1.29 is 14.2 Å². The molecule has 0 spiro atoms. The summed E-state index contributed by atoms with van der Waals surface area (Å²) in [5.74, 6) is 2.74. The van der Waals surface area contributed by atoms with Crippen LogP contribution in [0.25, 0.3) is 0 Å². The zero-order valence-electron chi connectivity index (χ0n) is 15.5. The molecular formula is C20H27N3O3. The minimum absolute atomic E-state index is 0.0398. The first-order chi connectivity index (χ1) is 12.7. The number of nitrogens with one attached hydrogen (secondary N) is 1. The maximum atomic E-state index is 5.99. The van der Waals surface area contributed by atoms with Crippen LogP contribution in [0.3, 0.4) is 0 Å². The molecule has 1 aromatic carbocycles. The van der Waals surface area contributed by atoms with E-state index in [2.05, 4.69) is 40.8 Å². The van der Waals surface area contributed by atoms with Crippen LogP contribution in [-0.4, -0.2) is 35.0 Å². The van der Waals surface area contributed by atoms with Crippen LogP contribution in [0.15, 0.2) is 30.6 Å². The number of fused-ring (bicyclic) bond motifs is 1. The second-order valence-corrected chi connectivity index (χ2v) is 7.05. The third-order valence-electron chi connectivity index (χ3n) is 5.24. The number of hydrogen-bond donors (Lipinski definition) is 1. The normalized spacial score (nSPS) is 22.7. The number of nitrogens with zero attached hydrogens (tertiary/aromatic N) is 2. The van der Waals surface area contributed by atoms with E-state index < -0.39 is 0 Å². The molecule has 1 N–H and O–H groups in total. The van der Waals surface area contributed by atoms with E-state index in [0.29, 0.717) is 18.9 Å². The highest BCUT2D eigenvalue weighted by atomic mass is 16.7. The van der Waals surface area contributed by atoms with Crippen molar-refractivity contribution in [3.8, 4) is 11.5 Å². The second kappa shape index (κ2) is 7.68. The highest BCUT2D eigenvalue weighted by Gasteiger charge is 2.33. The zero-order chi connectivity index (χ0) is 17.9. The highest BCUT2D eigenvalue weighted by Crippen LogP contribution is 2.33. The Morgan fingerprint density at radius 2 is 2.19 bits per heavy atom. The Morgan fingerprint density at radius 3 is 3.08 bits per heavy atom. The molecule has 4 rings (SSSR count). The molecule has 0 bridgehead atoms. The predicted molar refractivity (Wildman–Crippen MR) is 98.5 cm³/mol. The molecule has 1 unspecified atom stereocenters. The molecule has 6 heteroatoms. The fraction of sp³-hybridized carbons (Fsp3) is 0.550. The number of aromatic nitrogens is 2. The van der Waals surface area contributed by atoms with Crippen molar-refractivity contribution in [3.05, 3.63) is 42.0 Å². The Hall–Kier alpha value is -2.05. The Kier molecular flexibility index (Phi) is 5.13. The quantitative estimate of drug-likeness (QED) is 0.825. The van der Waals surface area contributed by atoms with Crippen molar-refractivity contribution in [2.75, 3.05) is 13.4 Å². The molecular weight excluding hydrogens is 330 g/mol. The lowest BCUT2D eigenvalue weighted by molar-refractivity contribution is 0.0867. The minimum atomic E-state index is 0.0398. The van der Waals surface area contributed by atoms with Gasteiger partial charge in [0.1, 0.15) is 11.9 Å². The predicted octanol–water partition coefficient (Wildman–Crippen LogP) is 3.07. The Labute approximate surface area is 154 Å². The lowest BCUT2D eigenvalue weighted by atomic mass is 10.0. The van der Waals surface area contributed by atoms with Crippen molar-refractivity contribution >= 4 is 0 Å². The number of rotatable bonds is 7. The molecule has 1 fully saturated rings. The summed E-state index contributed by atoms with van der Waals surface area (Å²) in [7, 11) is 0. The van der Waals surface area contributed by atoms with E-state index >= 15 is 0 Å². The van der Waals surface area contributed by atoms with Crippen LogP contribution >= 0.6 is 0 Å². The third-order valence-corrected chi connectivity index (χ3v) is 5.24. The number of benzene rings is 1. The molecule has 2 aliphatic heterocycles. The van der Waals surface area contributed by atoms with Crippen molar-refractivity contribution in [2.24, 2.45) is 0 Å². The van der Waals surface area contributed by atoms with Gasteiger partial charge in [0.2, 0.25) is 6.79 Å². The van der Waals surface area contributed by atoms with Crippen LogP contribution in [0.5, 0.6) is 11.5 Å². The highest BCUT2D eigenvalue weighted by molar-refractivity contribution is 5.44. The maximum Gasteiger partial charge on any atom is 0.231 e. The maximum absolute atomic E-state index is 5.99. The van der Waals surface area contributed by atoms with Crippen LogP contribution < -0.4 is 14.8 Å². The summed E-state index contributed by atoms with van der Waals surface area (Å²) in [6.45, 7) is 6.41. The Morgan fingerprint density at radius 1 is 1.31 bits per heavy atom. The van der Waals surface area contributed by atoms with Gasteiger partial charge < -0.3 is 24.1 Å². The smallest absolute Gasteiger partial charge is 0.231 e. The molecule has 0 amide bonds. The van der Waals surface area contributed by atoms with E-state index in [0.717, 1.165) is 49.7 Å². The van der Waals surface area contributed by atoms with E-state index in [1.807, 2.05) is 18.5 Å². The lowest BCUT2D eigenvalue weighted by Crippen LogP contribution is -2.39. The summed E-state index contributed by atoms with van der Waals surface area (Å²) in [5.41, 5.74) is 1.28. The van der Waals surface area contributed by atoms with Gasteiger partial charge in [0, 0.05) is 37.6 Å². The van der Waals surface area contributed by atoms with Crippen LogP contribution in [-0.2, 0) is 17.7 Å². The average Bonchev–Trinajstić information content (AvgIpc) is 3.38. The van der Waals surface area contributed by atoms with Gasteiger partial charge in [0.05, 0.1) is 0 Å². The first-order valence-corrected chi connectivity index (χ1v) is 9.52. The van der Waals surface area contributed by atoms with Crippen molar-refractivity contribution in [1.82, 2.24) is 14.9 Å². The molecule has 0 saturated carbocycles. The van der Waals surface area contributed by atoms with Gasteiger partial charge in [-0.2, -0.15) is 0 Å². The van der Waals surface area contributed by atoms with Crippen molar-refractivity contribution in [1.29, 1.82) is 0 Å². The van der Waals surface area contributed by atoms with Gasteiger partial charge >= 0.3 is 0 Å². The third kappa shape index (κ3) is 3.57. The molecule has 0 aliphatic carbocycles. The lowest BCUT2D eigenvalue weighted by Gasteiger charge is -2.24. The molecule has 2 aromatic rings. The van der Waals surface area contributed by atoms with E-state index in [4.69, 9.17) is 14.2 Å². The average molecular weight is 357 g/mol. The number of aryl methyl sites for hydroxylation is 2. The SMILES string of the molecule is CCn1ccnc1[C@H]1OCC[C@@H]1NC(C)CCc1ccc2c(c1)OCO2. The van der Waals surface area contributed by atoms with Crippen LogP contribution in [0.1, 0.15) is 44.2 Å². The standard InChI is InChI=1S/C20H27N3O3/c1-3-23-10-9-21-20(23)19-16(8-11-24-19)22-14(2)4-5-15-6-7-17-18(12-15)26-13-25-17/h6-7,9-10,12,14,16,19,22H,3-5,8,11,13H2,1-2H3/t14?,16-,19-/m0/s1. The molecule has 2 aliphatic rings. The summed E-state index contributed by atoms with van der Waals surface area (Å²) in [5, 5.41) is 3.76. The van der Waals surface area contributed by atoms with Crippen LogP contribution in [0.4, 0.5) is 0 Å². The van der Waals surface area contributed by atoms with E-state index in [-0.39, 0.29) is 6.10 Å². The summed E-state index contributed by atoms with van der Waals surface area (Å²) >= 11 is 0. The minimum Gasteiger partial charge on any atom is -0.454 e. The number of hydrogen-bond acceptors (Lipinski definition) is 5. The zero-order valence-corrected chi connectivity index (χ0v) is 15.5. The molecule has 140 valence electrons. The molecule has 3 heterocycles. The fourth-order valence-corrected chi connectivity index (χ4v) is 3.79. The number of ether oxygens (including phenoxy) is 3. The second-order valence-electron chi connectivity index (χ2n) is 7.05. The van der Waals surface area contributed by atoms with Crippen molar-refractivity contribution in [3.63, 3.8) is 0 Å². The summed E-state index contributed by atoms with van der Waals surface area (Å²) in [4.78, 5) is 4.53. The van der Waals surface area contributed by atoms with Crippen LogP contribution in [0.2, 0.25) is 0 Å². The van der Waals surface area contributed by atoms with Gasteiger partial charge in [0.15, 0.2) is 11.5 Å². The van der Waals surface area contributed by atoms with E-state index in [1.165, 1.54) is 5.56 Å². The topological polar surface area (TPSA) is 57.5 Å². The van der Waals surface area contributed by atoms with Gasteiger partial charge in [-0.05, 0) is 50.8 Å². The Balaban J connectivity index is 1.33. The molecule has 26 heavy (non-hydrogen) atoms. The van der Waals surface area contributed by atoms with Crippen LogP contribution in [0, 0.1) is 0 Å². The fourth-order valence-electron chi connectivity index (χ4n) is 3.79. The van der Waals surface area contributed by atoms with E-state index in [9.17, 15) is 0 Å². The first-order valence-electron chi connectivity index (χ1n) is 9.52. The van der Waals surface area contributed by atoms with Gasteiger partial charge in [-0.15, -0.1) is 0 Å². The van der Waals surface area contributed by atoms with E-state index in [1.54, 1.807) is 0 Å². The van der Waals surface area contributed by atoms with Crippen molar-refractivity contribution in [2.45, 2.75) is 57.8 Å². The van der Waals surface area contributed by atoms with Gasteiger partial charge in [-0.25, -0.2) is 4.98 Å². The number of imidazole rings is 1. The molecule has 6 nitrogen and oxygen atoms in total. The van der Waals surface area contributed by atoms with Gasteiger partial charge in [-0.1, -0.05) is 6.07 Å². The summed E-state index contributed by atoms with van der Waals surface area (Å²) < 4.78 is 19.0. The van der Waals surface area contributed by atoms with Gasteiger partial charge in [0.25, 0.3) is 0 Å². The Bertz CT molecular complexity index is 746. The monoisotopic (exact) mass is 357 g/mol. The summed E-state index contributed by atoms with van der Waals surface area (Å²) in [6, 6.07) is 6.93.